The van der Waals surface area contributed by atoms with Crippen LogP contribution in [0.25, 0.3) is 0 Å². The van der Waals surface area contributed by atoms with Gasteiger partial charge in [-0.15, -0.1) is 0 Å². The molecule has 2 N–H and O–H groups in total. The topological polar surface area (TPSA) is 162 Å². The number of likely N-dealkylation sites (tertiary alicyclic amines) is 1. The lowest BCUT2D eigenvalue weighted by atomic mass is 9.97. The van der Waals surface area contributed by atoms with Crippen molar-refractivity contribution in [2.75, 3.05) is 18.9 Å². The van der Waals surface area contributed by atoms with Gasteiger partial charge in [-0.2, -0.15) is 9.98 Å². The van der Waals surface area contributed by atoms with Crippen molar-refractivity contribution < 1.29 is 31.9 Å². The molecule has 6 rings (SSSR count). The number of hydrogen-bond donors (Lipinski definition) is 2. The van der Waals surface area contributed by atoms with E-state index in [9.17, 15) is 32.5 Å². The summed E-state index contributed by atoms with van der Waals surface area (Å²) in [5, 5.41) is 12.7. The number of rotatable bonds is 10. The van der Waals surface area contributed by atoms with Crippen LogP contribution < -0.4 is 14.8 Å². The molecule has 232 valence electrons. The Labute approximate surface area is 254 Å². The molecule has 2 aliphatic carbocycles. The number of halogens is 1. The molecule has 1 saturated heterocycles. The third kappa shape index (κ3) is 5.98. The van der Waals surface area contributed by atoms with E-state index < -0.39 is 57.3 Å². The summed E-state index contributed by atoms with van der Waals surface area (Å²) in [7, 11) is -2.71. The second kappa shape index (κ2) is 11.4. The number of sulfonamides is 1. The van der Waals surface area contributed by atoms with Gasteiger partial charge in [-0.1, -0.05) is 25.7 Å². The van der Waals surface area contributed by atoms with E-state index in [1.54, 1.807) is 12.1 Å². The normalized spacial score (nSPS) is 24.1. The number of nitriles is 1. The van der Waals surface area contributed by atoms with Crippen LogP contribution in [0, 0.1) is 29.0 Å². The van der Waals surface area contributed by atoms with E-state index in [4.69, 9.17) is 4.74 Å². The summed E-state index contributed by atoms with van der Waals surface area (Å²) in [6.07, 6.45) is 5.52. The zero-order valence-electron chi connectivity index (χ0n) is 24.1. The molecule has 44 heavy (non-hydrogen) atoms. The number of fused-ring (bicyclic) bond motifs is 1. The molecule has 4 aliphatic rings. The Balaban J connectivity index is 1.24. The minimum atomic E-state index is -4.18. The van der Waals surface area contributed by atoms with Crippen molar-refractivity contribution in [2.24, 2.45) is 11.8 Å². The number of amides is 3. The first-order valence-electron chi connectivity index (χ1n) is 14.7. The second-order valence-corrected chi connectivity index (χ2v) is 13.9. The molecule has 1 aromatic carbocycles. The number of carbonyl (C=O) groups excluding carboxylic acids is 3. The van der Waals surface area contributed by atoms with Crippen molar-refractivity contribution in [3.8, 4) is 11.8 Å². The van der Waals surface area contributed by atoms with Crippen molar-refractivity contribution in [3.05, 3.63) is 48.4 Å². The molecule has 14 heteroatoms. The lowest BCUT2D eigenvalue weighted by molar-refractivity contribution is -0.147. The van der Waals surface area contributed by atoms with E-state index in [-0.39, 0.29) is 41.9 Å². The lowest BCUT2D eigenvalue weighted by Crippen LogP contribution is -2.57. The summed E-state index contributed by atoms with van der Waals surface area (Å²) in [6.45, 7) is -0.198. The Morgan fingerprint density at radius 1 is 1.20 bits per heavy atom. The van der Waals surface area contributed by atoms with Gasteiger partial charge in [-0.3, -0.25) is 14.4 Å². The van der Waals surface area contributed by atoms with E-state index in [1.165, 1.54) is 23.0 Å². The highest BCUT2D eigenvalue weighted by Crippen LogP contribution is 2.41. The molecule has 3 fully saturated rings. The summed E-state index contributed by atoms with van der Waals surface area (Å²) in [5.41, 5.74) is -1.50. The number of hydrogen-bond acceptors (Lipinski definition) is 8. The van der Waals surface area contributed by atoms with Crippen LogP contribution in [-0.2, 0) is 24.4 Å². The van der Waals surface area contributed by atoms with Gasteiger partial charge >= 0.3 is 0 Å². The second-order valence-electron chi connectivity index (χ2n) is 12.2. The third-order valence-electron chi connectivity index (χ3n) is 8.82. The SMILES string of the molecule is CN(C(=O)[C@H](CC1CC1)NS(=O)(=O)c1ccc(F)cc1)[C@@H](CC1CC1)C(=O)N1C[C@@]2(C[C@H]1C#N)Oc1cccnc1NC2=O. The van der Waals surface area contributed by atoms with Gasteiger partial charge in [0.15, 0.2) is 11.6 Å². The molecule has 12 nitrogen and oxygen atoms in total. The maximum absolute atomic E-state index is 14.2. The molecule has 3 amide bonds. The zero-order valence-corrected chi connectivity index (χ0v) is 24.9. The van der Waals surface area contributed by atoms with Crippen LogP contribution in [0.5, 0.6) is 5.75 Å². The summed E-state index contributed by atoms with van der Waals surface area (Å²) in [4.78, 5) is 47.9. The lowest BCUT2D eigenvalue weighted by Gasteiger charge is -2.35. The van der Waals surface area contributed by atoms with Crippen LogP contribution >= 0.6 is 0 Å². The first-order chi connectivity index (χ1) is 21.0. The van der Waals surface area contributed by atoms with E-state index in [1.807, 2.05) is 0 Å². The van der Waals surface area contributed by atoms with Crippen molar-refractivity contribution in [1.29, 1.82) is 5.26 Å². The number of anilines is 1. The molecule has 0 unspecified atom stereocenters. The van der Waals surface area contributed by atoms with Gasteiger partial charge in [0, 0.05) is 19.7 Å². The molecule has 0 bridgehead atoms. The molecule has 2 saturated carbocycles. The Morgan fingerprint density at radius 2 is 1.89 bits per heavy atom. The van der Waals surface area contributed by atoms with Crippen LogP contribution in [0.2, 0.25) is 0 Å². The minimum Gasteiger partial charge on any atom is -0.472 e. The van der Waals surface area contributed by atoms with Crippen molar-refractivity contribution >= 4 is 33.6 Å². The summed E-state index contributed by atoms with van der Waals surface area (Å²) in [5.74, 6) is -1.24. The number of ether oxygens (including phenoxy) is 1. The van der Waals surface area contributed by atoms with Crippen LogP contribution in [0.1, 0.15) is 44.9 Å². The first-order valence-corrected chi connectivity index (χ1v) is 16.2. The van der Waals surface area contributed by atoms with Gasteiger partial charge in [-0.25, -0.2) is 17.8 Å². The fraction of sp³-hybridized carbons (Fsp3) is 0.500. The van der Waals surface area contributed by atoms with Crippen molar-refractivity contribution in [2.45, 2.75) is 73.6 Å². The van der Waals surface area contributed by atoms with Gasteiger partial charge in [0.2, 0.25) is 27.4 Å². The maximum Gasteiger partial charge on any atom is 0.271 e. The highest BCUT2D eigenvalue weighted by atomic mass is 32.2. The summed E-state index contributed by atoms with van der Waals surface area (Å²) >= 11 is 0. The van der Waals surface area contributed by atoms with Crippen LogP contribution in [-0.4, -0.2) is 78.2 Å². The van der Waals surface area contributed by atoms with Crippen molar-refractivity contribution in [1.82, 2.24) is 19.5 Å². The number of pyridine rings is 1. The van der Waals surface area contributed by atoms with Crippen molar-refractivity contribution in [3.63, 3.8) is 0 Å². The standard InChI is InChI=1S/C30H33FN6O6S/c1-36(27(38)23(13-18-4-5-18)35-44(41,42)22-10-8-20(31)9-11-22)24(14-19-6-7-19)28(39)37-17-30(15-21(37)16-32)29(40)34-26-25(43-30)3-2-12-33-26/h2-3,8-12,18-19,21,23-24,35H,4-7,13-15,17H2,1H3,(H,33,34,40)/t21-,23-,24-,30+/m0/s1. The number of carbonyl (C=O) groups is 3. The van der Waals surface area contributed by atoms with Gasteiger partial charge < -0.3 is 19.9 Å². The maximum atomic E-state index is 14.2. The van der Waals surface area contributed by atoms with Crippen LogP contribution in [0.15, 0.2) is 47.5 Å². The highest BCUT2D eigenvalue weighted by molar-refractivity contribution is 7.89. The Morgan fingerprint density at radius 3 is 2.55 bits per heavy atom. The monoisotopic (exact) mass is 624 g/mol. The minimum absolute atomic E-state index is 0.0645. The largest absolute Gasteiger partial charge is 0.472 e. The summed E-state index contributed by atoms with van der Waals surface area (Å²) in [6, 6.07) is 6.61. The summed E-state index contributed by atoms with van der Waals surface area (Å²) < 4.78 is 48.4. The molecule has 3 heterocycles. The fourth-order valence-electron chi connectivity index (χ4n) is 5.94. The number of benzene rings is 1. The predicted molar refractivity (Wildman–Crippen MR) is 154 cm³/mol. The average Bonchev–Trinajstić information content (AvgIpc) is 3.94. The van der Waals surface area contributed by atoms with E-state index in [0.29, 0.717) is 12.2 Å². The molecular formula is C30H33FN6O6S. The number of aromatic nitrogens is 1. The van der Waals surface area contributed by atoms with Gasteiger partial charge in [0.1, 0.15) is 23.9 Å². The molecule has 2 aromatic rings. The number of nitrogens with one attached hydrogen (secondary N) is 2. The Bertz CT molecular complexity index is 1620. The Kier molecular flexibility index (Phi) is 7.79. The molecule has 1 aromatic heterocycles. The van der Waals surface area contributed by atoms with Gasteiger partial charge in [0.25, 0.3) is 5.91 Å². The predicted octanol–water partition coefficient (Wildman–Crippen LogP) is 2.19. The molecule has 2 aliphatic heterocycles. The smallest absolute Gasteiger partial charge is 0.271 e. The quantitative estimate of drug-likeness (QED) is 0.407. The van der Waals surface area contributed by atoms with E-state index in [0.717, 1.165) is 49.9 Å². The fourth-order valence-corrected chi connectivity index (χ4v) is 7.14. The average molecular weight is 625 g/mol. The van der Waals surface area contributed by atoms with Gasteiger partial charge in [0.05, 0.1) is 17.5 Å². The number of nitrogens with zero attached hydrogens (tertiary/aromatic N) is 4. The number of likely N-dealkylation sites (N-methyl/N-ethyl adjacent to an activating group) is 1. The molecule has 0 radical (unpaired) electrons. The molecular weight excluding hydrogens is 591 g/mol. The molecule has 1 spiro atoms. The van der Waals surface area contributed by atoms with Crippen LogP contribution in [0.3, 0.4) is 0 Å². The van der Waals surface area contributed by atoms with E-state index in [2.05, 4.69) is 21.1 Å². The first kappa shape index (κ1) is 30.0. The zero-order chi connectivity index (χ0) is 31.2. The third-order valence-corrected chi connectivity index (χ3v) is 10.3. The van der Waals surface area contributed by atoms with Gasteiger partial charge in [-0.05, 0) is 61.1 Å². The Hall–Kier alpha value is -4.09. The highest BCUT2D eigenvalue weighted by Gasteiger charge is 2.56. The molecule has 4 atom stereocenters. The van der Waals surface area contributed by atoms with E-state index >= 15 is 0 Å². The van der Waals surface area contributed by atoms with Crippen LogP contribution in [0.4, 0.5) is 10.2 Å².